The number of hydrogen-bond acceptors (Lipinski definition) is 2. The molecule has 0 bridgehead atoms. The lowest BCUT2D eigenvalue weighted by atomic mass is 10.1. The zero-order chi connectivity index (χ0) is 19.4. The molecular formula is C24H38N2Si. The zero-order valence-electron chi connectivity index (χ0n) is 17.6. The van der Waals surface area contributed by atoms with Gasteiger partial charge < -0.3 is 10.2 Å². The van der Waals surface area contributed by atoms with Crippen molar-refractivity contribution in [3.8, 4) is 0 Å². The number of unbranched alkanes of at least 4 members (excludes halogenated alkanes) is 2. The van der Waals surface area contributed by atoms with Gasteiger partial charge in [0.05, 0.1) is 8.07 Å². The molecule has 148 valence electrons. The van der Waals surface area contributed by atoms with E-state index in [4.69, 9.17) is 0 Å². The van der Waals surface area contributed by atoms with Crippen molar-refractivity contribution in [1.82, 2.24) is 10.2 Å². The lowest BCUT2D eigenvalue weighted by Gasteiger charge is -2.34. The molecule has 3 heteroatoms. The quantitative estimate of drug-likeness (QED) is 0.561. The molecule has 2 aromatic carbocycles. The maximum atomic E-state index is 3.41. The van der Waals surface area contributed by atoms with Crippen LogP contribution in [-0.4, -0.2) is 45.3 Å². The van der Waals surface area contributed by atoms with Crippen LogP contribution in [0.3, 0.4) is 0 Å². The molecule has 27 heavy (non-hydrogen) atoms. The highest BCUT2D eigenvalue weighted by atomic mass is 28.3. The Hall–Kier alpha value is -1.42. The van der Waals surface area contributed by atoms with Gasteiger partial charge in [0, 0.05) is 26.2 Å². The highest BCUT2D eigenvalue weighted by Crippen LogP contribution is 2.07. The van der Waals surface area contributed by atoms with Crippen molar-refractivity contribution in [1.29, 1.82) is 0 Å². The van der Waals surface area contributed by atoms with Crippen molar-refractivity contribution in [2.75, 3.05) is 32.3 Å². The van der Waals surface area contributed by atoms with Crippen molar-refractivity contribution < 1.29 is 0 Å². The standard InChI is InChI=1S/C13H22N2Si.C11H16/c1-16(2,13-6-4-3-5-7-13)12-15-10-8-14-9-11-15;1-2-3-5-8-11-9-6-4-7-10-11/h3-7,14H,8-12H2,1-2H3;4,6-7,9-10H,2-3,5,8H2,1H3. The fraction of sp³-hybridized carbons (Fsp3) is 0.500. The van der Waals surface area contributed by atoms with Crippen LogP contribution in [0.25, 0.3) is 0 Å². The number of nitrogens with zero attached hydrogens (tertiary/aromatic N) is 1. The average molecular weight is 383 g/mol. The van der Waals surface area contributed by atoms with Gasteiger partial charge in [-0.15, -0.1) is 0 Å². The van der Waals surface area contributed by atoms with E-state index >= 15 is 0 Å². The Morgan fingerprint density at radius 1 is 0.852 bits per heavy atom. The van der Waals surface area contributed by atoms with Gasteiger partial charge in [-0.2, -0.15) is 0 Å². The molecule has 2 aromatic rings. The van der Waals surface area contributed by atoms with Gasteiger partial charge in [0.15, 0.2) is 0 Å². The largest absolute Gasteiger partial charge is 0.314 e. The van der Waals surface area contributed by atoms with Gasteiger partial charge in [-0.1, -0.05) is 98.7 Å². The summed E-state index contributed by atoms with van der Waals surface area (Å²) in [5, 5.41) is 4.99. The Bertz CT molecular complexity index is 607. The maximum absolute atomic E-state index is 3.41. The lowest BCUT2D eigenvalue weighted by molar-refractivity contribution is 0.273. The first-order valence-corrected chi connectivity index (χ1v) is 13.8. The van der Waals surface area contributed by atoms with Crippen LogP contribution in [0.2, 0.25) is 13.1 Å². The monoisotopic (exact) mass is 382 g/mol. The van der Waals surface area contributed by atoms with Gasteiger partial charge in [-0.25, -0.2) is 0 Å². The fourth-order valence-corrected chi connectivity index (χ4v) is 6.34. The predicted octanol–water partition coefficient (Wildman–Crippen LogP) is 4.47. The van der Waals surface area contributed by atoms with E-state index in [9.17, 15) is 0 Å². The number of rotatable bonds is 7. The highest BCUT2D eigenvalue weighted by Gasteiger charge is 2.26. The van der Waals surface area contributed by atoms with Crippen LogP contribution in [0.1, 0.15) is 31.7 Å². The molecule has 3 rings (SSSR count). The SMILES string of the molecule is CCCCCc1ccccc1.C[Si](C)(CN1CCNCC1)c1ccccc1. The first-order valence-electron chi connectivity index (χ1n) is 10.6. The predicted molar refractivity (Wildman–Crippen MR) is 123 cm³/mol. The molecule has 1 aliphatic heterocycles. The van der Waals surface area contributed by atoms with Crippen LogP contribution in [0.15, 0.2) is 60.7 Å². The van der Waals surface area contributed by atoms with Gasteiger partial charge in [0.2, 0.25) is 0 Å². The molecule has 1 fully saturated rings. The van der Waals surface area contributed by atoms with E-state index in [1.54, 1.807) is 5.19 Å². The van der Waals surface area contributed by atoms with E-state index in [1.165, 1.54) is 50.5 Å². The second-order valence-electron chi connectivity index (χ2n) is 8.22. The average Bonchev–Trinajstić information content (AvgIpc) is 2.71. The number of piperazine rings is 1. The van der Waals surface area contributed by atoms with E-state index in [-0.39, 0.29) is 0 Å². The minimum Gasteiger partial charge on any atom is -0.314 e. The smallest absolute Gasteiger partial charge is 0.0948 e. The van der Waals surface area contributed by atoms with Crippen molar-refractivity contribution >= 4 is 13.3 Å². The molecule has 0 unspecified atom stereocenters. The summed E-state index contributed by atoms with van der Waals surface area (Å²) >= 11 is 0. The summed E-state index contributed by atoms with van der Waals surface area (Å²) in [5.74, 6) is 0. The third kappa shape index (κ3) is 8.42. The Morgan fingerprint density at radius 2 is 1.44 bits per heavy atom. The second kappa shape index (κ2) is 12.1. The van der Waals surface area contributed by atoms with Crippen molar-refractivity contribution in [3.05, 3.63) is 66.2 Å². The van der Waals surface area contributed by atoms with E-state index in [2.05, 4.69) is 90.9 Å². The molecule has 1 N–H and O–H groups in total. The Labute approximate surface area is 168 Å². The van der Waals surface area contributed by atoms with Crippen molar-refractivity contribution in [3.63, 3.8) is 0 Å². The third-order valence-electron chi connectivity index (χ3n) is 5.30. The van der Waals surface area contributed by atoms with E-state index in [1.807, 2.05) is 0 Å². The summed E-state index contributed by atoms with van der Waals surface area (Å²) in [5.41, 5.74) is 1.47. The molecule has 0 amide bonds. The van der Waals surface area contributed by atoms with Crippen LogP contribution >= 0.6 is 0 Å². The minimum atomic E-state index is -1.27. The van der Waals surface area contributed by atoms with Gasteiger partial charge in [-0.05, 0) is 24.6 Å². The molecule has 0 aromatic heterocycles. The first kappa shape index (κ1) is 21.9. The van der Waals surface area contributed by atoms with Gasteiger partial charge in [0.25, 0.3) is 0 Å². The second-order valence-corrected chi connectivity index (χ2v) is 12.9. The highest BCUT2D eigenvalue weighted by molar-refractivity contribution is 6.89. The number of aryl methyl sites for hydroxylation is 1. The van der Waals surface area contributed by atoms with Gasteiger partial charge in [0.1, 0.15) is 0 Å². The Morgan fingerprint density at radius 3 is 2.04 bits per heavy atom. The van der Waals surface area contributed by atoms with E-state index in [0.717, 1.165) is 13.1 Å². The van der Waals surface area contributed by atoms with E-state index in [0.29, 0.717) is 0 Å². The first-order chi connectivity index (χ1) is 13.1. The number of hydrogen-bond donors (Lipinski definition) is 1. The number of benzene rings is 2. The van der Waals surface area contributed by atoms with Crippen molar-refractivity contribution in [2.45, 2.75) is 45.7 Å². The molecule has 0 atom stereocenters. The van der Waals surface area contributed by atoms with Crippen LogP contribution < -0.4 is 10.5 Å². The van der Waals surface area contributed by atoms with Crippen LogP contribution in [0, 0.1) is 0 Å². The summed E-state index contributed by atoms with van der Waals surface area (Å²) in [6, 6.07) is 21.8. The molecule has 1 heterocycles. The summed E-state index contributed by atoms with van der Waals surface area (Å²) in [6.45, 7) is 11.9. The zero-order valence-corrected chi connectivity index (χ0v) is 18.6. The van der Waals surface area contributed by atoms with Crippen molar-refractivity contribution in [2.24, 2.45) is 0 Å². The molecule has 1 aliphatic rings. The minimum absolute atomic E-state index is 1.15. The molecule has 2 nitrogen and oxygen atoms in total. The fourth-order valence-electron chi connectivity index (χ4n) is 3.63. The maximum Gasteiger partial charge on any atom is 0.0948 e. The Kier molecular flexibility index (Phi) is 9.82. The van der Waals surface area contributed by atoms with Crippen LogP contribution in [-0.2, 0) is 6.42 Å². The molecule has 0 saturated carbocycles. The molecule has 1 saturated heterocycles. The number of nitrogens with one attached hydrogen (secondary N) is 1. The van der Waals surface area contributed by atoms with E-state index < -0.39 is 8.07 Å². The molecule has 0 radical (unpaired) electrons. The van der Waals surface area contributed by atoms with Crippen LogP contribution in [0.4, 0.5) is 0 Å². The third-order valence-corrected chi connectivity index (χ3v) is 8.43. The molecule has 0 aliphatic carbocycles. The molecular weight excluding hydrogens is 344 g/mol. The summed E-state index contributed by atoms with van der Waals surface area (Å²) in [4.78, 5) is 2.62. The summed E-state index contributed by atoms with van der Waals surface area (Å²) in [7, 11) is -1.27. The topological polar surface area (TPSA) is 15.3 Å². The summed E-state index contributed by atoms with van der Waals surface area (Å²) in [6.07, 6.45) is 6.54. The molecule has 0 spiro atoms. The van der Waals surface area contributed by atoms with Gasteiger partial charge >= 0.3 is 0 Å². The Balaban J connectivity index is 0.000000208. The normalized spacial score (nSPS) is 15.1. The van der Waals surface area contributed by atoms with Gasteiger partial charge in [-0.3, -0.25) is 0 Å². The lowest BCUT2D eigenvalue weighted by Crippen LogP contribution is -2.55. The van der Waals surface area contributed by atoms with Crippen LogP contribution in [0.5, 0.6) is 0 Å². The summed E-state index contributed by atoms with van der Waals surface area (Å²) < 4.78 is 0.